The van der Waals surface area contributed by atoms with Crippen LogP contribution in [0.3, 0.4) is 0 Å². The Labute approximate surface area is 177 Å². The number of nitrogens with zero attached hydrogens (tertiary/aromatic N) is 4. The Balaban J connectivity index is 0.00000240. The number of ether oxygens (including phenoxy) is 1. The van der Waals surface area contributed by atoms with E-state index in [0.29, 0.717) is 31.2 Å². The van der Waals surface area contributed by atoms with Crippen LogP contribution < -0.4 is 10.6 Å². The first kappa shape index (κ1) is 22.0. The van der Waals surface area contributed by atoms with Gasteiger partial charge in [0.25, 0.3) is 5.91 Å². The third-order valence-corrected chi connectivity index (χ3v) is 5.83. The lowest BCUT2D eigenvalue weighted by Crippen LogP contribution is -2.43. The standard InChI is InChI=1S/C19H30N6O3.ClH/c26-18-12-15(14-24(18)7-6-23-8-10-28-11-9-23)21-19(27)17-3-5-25(22-17)16-2-1-4-20-13-16;/h3,5,15-16,20H,1-2,4,6-14H2,(H,21,27);1H. The molecule has 1 aromatic heterocycles. The molecule has 2 unspecified atom stereocenters. The maximum Gasteiger partial charge on any atom is 0.272 e. The number of halogens is 1. The maximum absolute atomic E-state index is 12.6. The molecule has 0 spiro atoms. The minimum atomic E-state index is -0.199. The molecule has 3 aliphatic heterocycles. The predicted octanol–water partition coefficient (Wildman–Crippen LogP) is -0.108. The van der Waals surface area contributed by atoms with E-state index >= 15 is 0 Å². The average molecular weight is 427 g/mol. The topological polar surface area (TPSA) is 91.7 Å². The van der Waals surface area contributed by atoms with Crippen molar-refractivity contribution in [3.8, 4) is 0 Å². The molecule has 3 saturated heterocycles. The molecule has 2 amide bonds. The van der Waals surface area contributed by atoms with E-state index in [1.54, 1.807) is 6.07 Å². The Morgan fingerprint density at radius 3 is 2.90 bits per heavy atom. The van der Waals surface area contributed by atoms with Gasteiger partial charge in [0.15, 0.2) is 0 Å². The normalized spacial score (nSPS) is 25.7. The van der Waals surface area contributed by atoms with E-state index in [4.69, 9.17) is 4.74 Å². The van der Waals surface area contributed by atoms with Crippen LogP contribution in [0.2, 0.25) is 0 Å². The molecule has 10 heteroatoms. The van der Waals surface area contributed by atoms with Gasteiger partial charge in [0, 0.05) is 51.9 Å². The zero-order valence-corrected chi connectivity index (χ0v) is 17.5. The number of carbonyl (C=O) groups is 2. The Morgan fingerprint density at radius 1 is 1.31 bits per heavy atom. The van der Waals surface area contributed by atoms with E-state index in [1.807, 2.05) is 15.8 Å². The number of aromatic nitrogens is 2. The molecule has 2 atom stereocenters. The summed E-state index contributed by atoms with van der Waals surface area (Å²) in [6.45, 7) is 7.42. The van der Waals surface area contributed by atoms with Gasteiger partial charge in [-0.2, -0.15) is 5.10 Å². The fourth-order valence-corrected chi connectivity index (χ4v) is 4.15. The molecule has 2 N–H and O–H groups in total. The summed E-state index contributed by atoms with van der Waals surface area (Å²) in [6.07, 6.45) is 4.44. The number of hydrogen-bond donors (Lipinski definition) is 2. The first-order chi connectivity index (χ1) is 13.7. The SMILES string of the molecule is Cl.O=C(NC1CC(=O)N(CCN2CCOCC2)C1)c1ccn(C2CCCNC2)n1. The van der Waals surface area contributed by atoms with Crippen molar-refractivity contribution in [1.29, 1.82) is 0 Å². The van der Waals surface area contributed by atoms with Crippen molar-refractivity contribution < 1.29 is 14.3 Å². The Kier molecular flexibility index (Phi) is 7.88. The summed E-state index contributed by atoms with van der Waals surface area (Å²) in [5.41, 5.74) is 0.421. The van der Waals surface area contributed by atoms with Crippen LogP contribution in [-0.4, -0.2) is 96.5 Å². The molecular formula is C19H31ClN6O3. The van der Waals surface area contributed by atoms with E-state index < -0.39 is 0 Å². The first-order valence-electron chi connectivity index (χ1n) is 10.3. The van der Waals surface area contributed by atoms with Gasteiger partial charge >= 0.3 is 0 Å². The predicted molar refractivity (Wildman–Crippen MR) is 110 cm³/mol. The zero-order valence-electron chi connectivity index (χ0n) is 16.7. The van der Waals surface area contributed by atoms with E-state index in [1.165, 1.54) is 0 Å². The smallest absolute Gasteiger partial charge is 0.272 e. The lowest BCUT2D eigenvalue weighted by molar-refractivity contribution is -0.128. The van der Waals surface area contributed by atoms with E-state index in [0.717, 1.165) is 58.8 Å². The van der Waals surface area contributed by atoms with Crippen molar-refractivity contribution in [1.82, 2.24) is 30.2 Å². The minimum Gasteiger partial charge on any atom is -0.379 e. The molecule has 4 heterocycles. The molecule has 1 aromatic rings. The van der Waals surface area contributed by atoms with E-state index in [2.05, 4.69) is 20.6 Å². The van der Waals surface area contributed by atoms with Gasteiger partial charge in [0.1, 0.15) is 5.69 Å². The number of piperidine rings is 1. The number of hydrogen-bond acceptors (Lipinski definition) is 6. The zero-order chi connectivity index (χ0) is 19.3. The third kappa shape index (κ3) is 5.69. The summed E-state index contributed by atoms with van der Waals surface area (Å²) in [5, 5.41) is 10.8. The van der Waals surface area contributed by atoms with Crippen LogP contribution in [0, 0.1) is 0 Å². The Hall–Kier alpha value is -1.68. The van der Waals surface area contributed by atoms with Crippen molar-refractivity contribution in [3.63, 3.8) is 0 Å². The van der Waals surface area contributed by atoms with Gasteiger partial charge in [0.2, 0.25) is 5.91 Å². The summed E-state index contributed by atoms with van der Waals surface area (Å²) in [5.74, 6) is -0.0901. The minimum absolute atomic E-state index is 0. The molecular weight excluding hydrogens is 396 g/mol. The van der Waals surface area contributed by atoms with E-state index in [-0.39, 0.29) is 30.3 Å². The summed E-state index contributed by atoms with van der Waals surface area (Å²) in [4.78, 5) is 29.0. The average Bonchev–Trinajstić information content (AvgIpc) is 3.35. The molecule has 4 rings (SSSR count). The van der Waals surface area contributed by atoms with Crippen molar-refractivity contribution >= 4 is 24.2 Å². The molecule has 3 aliphatic rings. The molecule has 0 aliphatic carbocycles. The van der Waals surface area contributed by atoms with Crippen molar-refractivity contribution in [3.05, 3.63) is 18.0 Å². The second-order valence-corrected chi connectivity index (χ2v) is 7.85. The largest absolute Gasteiger partial charge is 0.379 e. The fourth-order valence-electron chi connectivity index (χ4n) is 4.15. The molecule has 0 bridgehead atoms. The molecule has 9 nitrogen and oxygen atoms in total. The molecule has 0 saturated carbocycles. The van der Waals surface area contributed by atoms with Gasteiger partial charge in [-0.15, -0.1) is 12.4 Å². The van der Waals surface area contributed by atoms with E-state index in [9.17, 15) is 9.59 Å². The highest BCUT2D eigenvalue weighted by Crippen LogP contribution is 2.16. The van der Waals surface area contributed by atoms with Crippen LogP contribution >= 0.6 is 12.4 Å². The van der Waals surface area contributed by atoms with Gasteiger partial charge < -0.3 is 20.3 Å². The number of amides is 2. The monoisotopic (exact) mass is 426 g/mol. The molecule has 0 aromatic carbocycles. The number of nitrogens with one attached hydrogen (secondary N) is 2. The van der Waals surface area contributed by atoms with Crippen LogP contribution in [0.1, 0.15) is 35.8 Å². The number of rotatable bonds is 6. The lowest BCUT2D eigenvalue weighted by atomic mass is 10.1. The van der Waals surface area contributed by atoms with Gasteiger partial charge in [-0.1, -0.05) is 0 Å². The molecule has 162 valence electrons. The second kappa shape index (κ2) is 10.4. The van der Waals surface area contributed by atoms with Crippen LogP contribution in [0.15, 0.2) is 12.3 Å². The molecule has 0 radical (unpaired) electrons. The van der Waals surface area contributed by atoms with Gasteiger partial charge in [-0.05, 0) is 25.5 Å². The van der Waals surface area contributed by atoms with Gasteiger partial charge in [-0.25, -0.2) is 0 Å². The Morgan fingerprint density at radius 2 is 2.14 bits per heavy atom. The lowest BCUT2D eigenvalue weighted by Gasteiger charge is -2.28. The van der Waals surface area contributed by atoms with Crippen LogP contribution in [-0.2, 0) is 9.53 Å². The highest BCUT2D eigenvalue weighted by atomic mass is 35.5. The molecule has 3 fully saturated rings. The van der Waals surface area contributed by atoms with Gasteiger partial charge in [-0.3, -0.25) is 19.2 Å². The molecule has 29 heavy (non-hydrogen) atoms. The van der Waals surface area contributed by atoms with Crippen LogP contribution in [0.5, 0.6) is 0 Å². The summed E-state index contributed by atoms with van der Waals surface area (Å²) in [6, 6.07) is 1.92. The highest BCUT2D eigenvalue weighted by Gasteiger charge is 2.31. The van der Waals surface area contributed by atoms with Crippen LogP contribution in [0.4, 0.5) is 0 Å². The summed E-state index contributed by atoms with van der Waals surface area (Å²) >= 11 is 0. The Bertz CT molecular complexity index is 687. The number of morpholine rings is 1. The second-order valence-electron chi connectivity index (χ2n) is 7.85. The van der Waals surface area contributed by atoms with Crippen molar-refractivity contribution in [2.45, 2.75) is 31.3 Å². The van der Waals surface area contributed by atoms with Crippen molar-refractivity contribution in [2.75, 3.05) is 59.0 Å². The fraction of sp³-hybridized carbons (Fsp3) is 0.737. The van der Waals surface area contributed by atoms with Gasteiger partial charge in [0.05, 0.1) is 25.3 Å². The quantitative estimate of drug-likeness (QED) is 0.659. The number of likely N-dealkylation sites (tertiary alicyclic amines) is 1. The number of carbonyl (C=O) groups excluding carboxylic acids is 2. The maximum atomic E-state index is 12.6. The summed E-state index contributed by atoms with van der Waals surface area (Å²) < 4.78 is 7.24. The van der Waals surface area contributed by atoms with Crippen LogP contribution in [0.25, 0.3) is 0 Å². The first-order valence-corrected chi connectivity index (χ1v) is 10.3. The third-order valence-electron chi connectivity index (χ3n) is 5.83. The highest BCUT2D eigenvalue weighted by molar-refractivity contribution is 5.93. The van der Waals surface area contributed by atoms with Crippen molar-refractivity contribution in [2.24, 2.45) is 0 Å². The summed E-state index contributed by atoms with van der Waals surface area (Å²) in [7, 11) is 0.